The highest BCUT2D eigenvalue weighted by atomic mass is 19.1. The van der Waals surface area contributed by atoms with Gasteiger partial charge in [0, 0.05) is 30.1 Å². The van der Waals surface area contributed by atoms with Gasteiger partial charge in [-0.05, 0) is 18.2 Å². The quantitative estimate of drug-likeness (QED) is 0.435. The number of benzene rings is 2. The first-order valence-electron chi connectivity index (χ1n) is 9.51. The van der Waals surface area contributed by atoms with E-state index in [0.717, 1.165) is 18.2 Å². The summed E-state index contributed by atoms with van der Waals surface area (Å²) in [7, 11) is 2.79. The minimum atomic E-state index is -1.09. The summed E-state index contributed by atoms with van der Waals surface area (Å²) in [6, 6.07) is 9.86. The molecule has 33 heavy (non-hydrogen) atoms. The highest BCUT2D eigenvalue weighted by Crippen LogP contribution is 2.38. The molecule has 0 unspecified atom stereocenters. The number of anilines is 1. The predicted molar refractivity (Wildman–Crippen MR) is 113 cm³/mol. The summed E-state index contributed by atoms with van der Waals surface area (Å²) in [4.78, 5) is 20.6. The van der Waals surface area contributed by atoms with Crippen molar-refractivity contribution in [2.45, 2.75) is 0 Å². The number of hydrogen-bond donors (Lipinski definition) is 1. The number of aromatic nitrogens is 2. The number of carbonyl (C=O) groups is 1. The van der Waals surface area contributed by atoms with Crippen molar-refractivity contribution in [2.75, 3.05) is 19.5 Å². The van der Waals surface area contributed by atoms with Crippen LogP contribution in [-0.2, 0) is 0 Å². The zero-order chi connectivity index (χ0) is 23.5. The number of hydrogen-bond acceptors (Lipinski definition) is 6. The molecule has 2 aromatic heterocycles. The summed E-state index contributed by atoms with van der Waals surface area (Å²) in [6.45, 7) is 0. The van der Waals surface area contributed by atoms with Crippen molar-refractivity contribution < 1.29 is 32.2 Å². The number of fused-ring (bicyclic) bond motifs is 1. The predicted octanol–water partition coefficient (Wildman–Crippen LogP) is 5.11. The molecule has 0 atom stereocenters. The lowest BCUT2D eigenvalue weighted by Gasteiger charge is -2.14. The van der Waals surface area contributed by atoms with Crippen LogP contribution < -0.4 is 19.5 Å². The van der Waals surface area contributed by atoms with E-state index >= 15 is 0 Å². The van der Waals surface area contributed by atoms with Crippen LogP contribution in [0.2, 0.25) is 0 Å². The van der Waals surface area contributed by atoms with Gasteiger partial charge in [0.25, 0.3) is 5.91 Å². The van der Waals surface area contributed by atoms with Crippen LogP contribution in [0, 0.1) is 17.5 Å². The lowest BCUT2D eigenvalue weighted by molar-refractivity contribution is 0.102. The first-order valence-corrected chi connectivity index (χ1v) is 9.51. The molecule has 0 aliphatic carbocycles. The molecule has 0 radical (unpaired) electrons. The molecule has 0 aliphatic rings. The van der Waals surface area contributed by atoms with Crippen LogP contribution in [0.1, 0.15) is 10.4 Å². The topological polar surface area (TPSA) is 82.6 Å². The number of nitrogens with one attached hydrogen (secondary N) is 1. The monoisotopic (exact) mass is 455 g/mol. The van der Waals surface area contributed by atoms with Gasteiger partial charge in [-0.1, -0.05) is 12.1 Å². The number of halogens is 3. The molecule has 0 aliphatic heterocycles. The Bertz CT molecular complexity index is 1340. The normalized spacial score (nSPS) is 10.7. The number of rotatable bonds is 6. The fourth-order valence-corrected chi connectivity index (χ4v) is 3.11. The third-order valence-corrected chi connectivity index (χ3v) is 4.62. The first-order chi connectivity index (χ1) is 15.9. The van der Waals surface area contributed by atoms with E-state index in [0.29, 0.717) is 5.52 Å². The molecule has 4 aromatic rings. The Morgan fingerprint density at radius 1 is 0.939 bits per heavy atom. The molecular weight excluding hydrogens is 439 g/mol. The van der Waals surface area contributed by atoms with Gasteiger partial charge in [0.2, 0.25) is 11.8 Å². The summed E-state index contributed by atoms with van der Waals surface area (Å²) in [5.74, 6) is -4.17. The van der Waals surface area contributed by atoms with Gasteiger partial charge in [-0.15, -0.1) is 0 Å². The fourth-order valence-electron chi connectivity index (χ4n) is 3.11. The lowest BCUT2D eigenvalue weighted by Crippen LogP contribution is -2.14. The van der Waals surface area contributed by atoms with Crippen molar-refractivity contribution >= 4 is 22.5 Å². The second-order valence-electron chi connectivity index (χ2n) is 6.68. The number of carbonyl (C=O) groups excluding carboxylic acids is 1. The van der Waals surface area contributed by atoms with Crippen molar-refractivity contribution in [1.29, 1.82) is 0 Å². The fraction of sp³-hybridized carbons (Fsp3) is 0.0870. The van der Waals surface area contributed by atoms with Gasteiger partial charge in [0.05, 0.1) is 25.3 Å². The minimum absolute atomic E-state index is 0.0351. The van der Waals surface area contributed by atoms with Gasteiger partial charge in [0.15, 0.2) is 17.4 Å². The van der Waals surface area contributed by atoms with Crippen molar-refractivity contribution in [2.24, 2.45) is 0 Å². The van der Waals surface area contributed by atoms with Crippen LogP contribution in [0.4, 0.5) is 18.9 Å². The van der Waals surface area contributed by atoms with Gasteiger partial charge >= 0.3 is 0 Å². The van der Waals surface area contributed by atoms with E-state index in [-0.39, 0.29) is 34.1 Å². The van der Waals surface area contributed by atoms with Crippen LogP contribution in [-0.4, -0.2) is 30.1 Å². The number of pyridine rings is 2. The van der Waals surface area contributed by atoms with E-state index in [1.165, 1.54) is 50.7 Å². The second-order valence-corrected chi connectivity index (χ2v) is 6.68. The number of methoxy groups -OCH3 is 2. The summed E-state index contributed by atoms with van der Waals surface area (Å²) >= 11 is 0. The van der Waals surface area contributed by atoms with Crippen LogP contribution in [0.25, 0.3) is 10.9 Å². The maximum absolute atomic E-state index is 14.8. The third-order valence-electron chi connectivity index (χ3n) is 4.62. The van der Waals surface area contributed by atoms with E-state index in [2.05, 4.69) is 15.3 Å². The van der Waals surface area contributed by atoms with Gasteiger partial charge < -0.3 is 19.5 Å². The number of nitrogens with zero attached hydrogens (tertiary/aromatic N) is 2. The van der Waals surface area contributed by atoms with E-state index in [1.54, 1.807) is 0 Å². The summed E-state index contributed by atoms with van der Waals surface area (Å²) < 4.78 is 59.2. The molecule has 1 N–H and O–H groups in total. The van der Waals surface area contributed by atoms with Crippen molar-refractivity contribution in [1.82, 2.24) is 9.97 Å². The Kier molecular flexibility index (Phi) is 5.99. The smallest absolute Gasteiger partial charge is 0.258 e. The molecule has 0 bridgehead atoms. The third kappa shape index (κ3) is 4.36. The van der Waals surface area contributed by atoms with Crippen LogP contribution in [0.5, 0.6) is 23.3 Å². The highest BCUT2D eigenvalue weighted by molar-refractivity contribution is 6.04. The Labute approximate surface area is 185 Å². The molecule has 168 valence electrons. The number of ether oxygens (including phenoxy) is 3. The number of amides is 1. The zero-order valence-corrected chi connectivity index (χ0v) is 17.4. The van der Waals surface area contributed by atoms with Crippen molar-refractivity contribution in [3.63, 3.8) is 0 Å². The average Bonchev–Trinajstić information content (AvgIpc) is 2.80. The molecule has 0 saturated carbocycles. The van der Waals surface area contributed by atoms with Gasteiger partial charge in [-0.25, -0.2) is 13.2 Å². The summed E-state index contributed by atoms with van der Waals surface area (Å²) in [5, 5.41) is 2.54. The van der Waals surface area contributed by atoms with Gasteiger partial charge in [0.1, 0.15) is 17.0 Å². The molecule has 0 spiro atoms. The second kappa shape index (κ2) is 9.03. The van der Waals surface area contributed by atoms with Crippen LogP contribution in [0.15, 0.2) is 54.7 Å². The summed E-state index contributed by atoms with van der Waals surface area (Å²) in [5.41, 5.74) is -0.114. The maximum atomic E-state index is 14.8. The molecule has 0 saturated heterocycles. The highest BCUT2D eigenvalue weighted by Gasteiger charge is 2.20. The first kappa shape index (κ1) is 21.9. The molecule has 7 nitrogen and oxygen atoms in total. The zero-order valence-electron chi connectivity index (χ0n) is 17.4. The Morgan fingerprint density at radius 3 is 2.33 bits per heavy atom. The molecule has 4 rings (SSSR count). The Balaban J connectivity index is 1.67. The minimum Gasteiger partial charge on any atom is -0.481 e. The molecule has 10 heteroatoms. The van der Waals surface area contributed by atoms with E-state index in [9.17, 15) is 18.0 Å². The van der Waals surface area contributed by atoms with Crippen molar-refractivity contribution in [3.8, 4) is 23.3 Å². The maximum Gasteiger partial charge on any atom is 0.258 e. The van der Waals surface area contributed by atoms with Crippen LogP contribution in [0.3, 0.4) is 0 Å². The average molecular weight is 455 g/mol. The summed E-state index contributed by atoms with van der Waals surface area (Å²) in [6.07, 6.45) is 1.38. The molecular formula is C23H16F3N3O4. The van der Waals surface area contributed by atoms with Gasteiger partial charge in [-0.2, -0.15) is 4.98 Å². The SMILES string of the molecule is COc1cc2nccc(Oc3c(F)cc(NC(=O)c4ccccc4F)cc3F)c2c(OC)n1. The molecule has 2 heterocycles. The van der Waals surface area contributed by atoms with E-state index in [1.807, 2.05) is 0 Å². The molecule has 1 amide bonds. The van der Waals surface area contributed by atoms with Gasteiger partial charge in [-0.3, -0.25) is 9.78 Å². The van der Waals surface area contributed by atoms with Crippen molar-refractivity contribution in [3.05, 3.63) is 77.7 Å². The molecule has 0 fully saturated rings. The lowest BCUT2D eigenvalue weighted by atomic mass is 10.2. The van der Waals surface area contributed by atoms with E-state index < -0.39 is 29.1 Å². The Morgan fingerprint density at radius 2 is 1.67 bits per heavy atom. The largest absolute Gasteiger partial charge is 0.481 e. The van der Waals surface area contributed by atoms with Crippen LogP contribution >= 0.6 is 0 Å². The van der Waals surface area contributed by atoms with E-state index in [4.69, 9.17) is 14.2 Å². The Hall–Kier alpha value is -4.34. The molecule has 2 aromatic carbocycles. The standard InChI is InChI=1S/C23H16F3N3O4/c1-31-19-11-17-20(23(29-19)32-2)18(7-8-27-17)33-21-15(25)9-12(10-16(21)26)28-22(30)13-5-3-4-6-14(13)24/h3-11H,1-2H3,(H,28,30).